The number of rotatable bonds is 9. The highest BCUT2D eigenvalue weighted by atomic mass is 35.5. The van der Waals surface area contributed by atoms with Gasteiger partial charge in [0.25, 0.3) is 0 Å². The van der Waals surface area contributed by atoms with Crippen LogP contribution in [0.1, 0.15) is 32.3 Å². The number of aromatic nitrogens is 1. The van der Waals surface area contributed by atoms with Crippen molar-refractivity contribution in [1.82, 2.24) is 15.6 Å². The highest BCUT2D eigenvalue weighted by molar-refractivity contribution is 6.29. The summed E-state index contributed by atoms with van der Waals surface area (Å²) in [5.41, 5.74) is 1.11. The van der Waals surface area contributed by atoms with Gasteiger partial charge in [-0.15, -0.1) is 0 Å². The van der Waals surface area contributed by atoms with E-state index in [1.165, 1.54) is 0 Å². The quantitative estimate of drug-likeness (QED) is 0.237. The van der Waals surface area contributed by atoms with Crippen molar-refractivity contribution in [1.29, 1.82) is 0 Å². The molecule has 23 heavy (non-hydrogen) atoms. The summed E-state index contributed by atoms with van der Waals surface area (Å²) in [6, 6.07) is 3.74. The number of carbonyl (C=O) groups is 1. The van der Waals surface area contributed by atoms with Gasteiger partial charge in [0.2, 0.25) is 0 Å². The molecule has 2 N–H and O–H groups in total. The molecule has 1 rings (SSSR count). The predicted molar refractivity (Wildman–Crippen MR) is 92.8 cm³/mol. The molecule has 0 aliphatic carbocycles. The van der Waals surface area contributed by atoms with E-state index in [0.717, 1.165) is 31.0 Å². The van der Waals surface area contributed by atoms with Crippen molar-refractivity contribution in [2.24, 2.45) is 4.99 Å². The summed E-state index contributed by atoms with van der Waals surface area (Å²) in [4.78, 5) is 19.7. The minimum absolute atomic E-state index is 0.170. The Morgan fingerprint density at radius 3 is 2.83 bits per heavy atom. The molecule has 0 aliphatic rings. The van der Waals surface area contributed by atoms with Crippen LogP contribution in [0.2, 0.25) is 5.15 Å². The topological polar surface area (TPSA) is 75.6 Å². The van der Waals surface area contributed by atoms with Gasteiger partial charge in [-0.1, -0.05) is 17.7 Å². The molecule has 1 aromatic rings. The molecule has 0 amide bonds. The Labute approximate surface area is 142 Å². The molecule has 0 aliphatic heterocycles. The number of guanidine groups is 1. The van der Waals surface area contributed by atoms with Crippen LogP contribution in [0.5, 0.6) is 0 Å². The molecule has 7 heteroatoms. The van der Waals surface area contributed by atoms with Gasteiger partial charge < -0.3 is 15.4 Å². The second-order valence-electron chi connectivity index (χ2n) is 4.84. The first-order valence-electron chi connectivity index (χ1n) is 7.94. The van der Waals surface area contributed by atoms with Gasteiger partial charge >= 0.3 is 5.97 Å². The number of hydrogen-bond acceptors (Lipinski definition) is 4. The number of ether oxygens (including phenoxy) is 1. The number of nitrogens with zero attached hydrogens (tertiary/aromatic N) is 2. The van der Waals surface area contributed by atoms with Gasteiger partial charge in [-0.25, -0.2) is 4.98 Å². The maximum Gasteiger partial charge on any atom is 0.305 e. The van der Waals surface area contributed by atoms with Crippen LogP contribution in [0.3, 0.4) is 0 Å². The third kappa shape index (κ3) is 9.03. The standard InChI is InChI=1S/C16H25ClN4O2/c1-3-18-16(19-10-5-6-15(22)23-4-2)20-11-9-13-7-8-14(17)21-12-13/h7-8,12H,3-6,9-11H2,1-2H3,(H2,18,19,20). The minimum atomic E-state index is -0.170. The van der Waals surface area contributed by atoms with Crippen LogP contribution in [-0.2, 0) is 16.0 Å². The molecule has 6 nitrogen and oxygen atoms in total. The number of nitrogens with one attached hydrogen (secondary N) is 2. The molecule has 0 unspecified atom stereocenters. The molecular formula is C16H25ClN4O2. The van der Waals surface area contributed by atoms with E-state index in [-0.39, 0.29) is 5.97 Å². The molecule has 128 valence electrons. The average Bonchev–Trinajstić information content (AvgIpc) is 2.53. The van der Waals surface area contributed by atoms with Crippen LogP contribution in [0.25, 0.3) is 0 Å². The Bertz CT molecular complexity index is 491. The lowest BCUT2D eigenvalue weighted by molar-refractivity contribution is -0.143. The first kappa shape index (κ1) is 19.2. The van der Waals surface area contributed by atoms with Gasteiger partial charge in [-0.05, 0) is 38.3 Å². The zero-order valence-corrected chi connectivity index (χ0v) is 14.5. The van der Waals surface area contributed by atoms with E-state index in [2.05, 4.69) is 20.6 Å². The van der Waals surface area contributed by atoms with E-state index in [1.54, 1.807) is 19.2 Å². The van der Waals surface area contributed by atoms with Crippen molar-refractivity contribution in [3.05, 3.63) is 29.0 Å². The van der Waals surface area contributed by atoms with Crippen LogP contribution >= 0.6 is 11.6 Å². The van der Waals surface area contributed by atoms with Crippen LogP contribution in [0.15, 0.2) is 23.3 Å². The zero-order chi connectivity index (χ0) is 16.9. The Morgan fingerprint density at radius 2 is 2.17 bits per heavy atom. The van der Waals surface area contributed by atoms with Crippen molar-refractivity contribution < 1.29 is 9.53 Å². The van der Waals surface area contributed by atoms with Crippen LogP contribution in [-0.4, -0.2) is 43.2 Å². The van der Waals surface area contributed by atoms with Crippen molar-refractivity contribution in [2.75, 3.05) is 26.2 Å². The lowest BCUT2D eigenvalue weighted by Gasteiger charge is -2.11. The Balaban J connectivity index is 2.31. The summed E-state index contributed by atoms with van der Waals surface area (Å²) in [5, 5.41) is 6.93. The second kappa shape index (κ2) is 11.7. The van der Waals surface area contributed by atoms with Gasteiger partial charge in [0, 0.05) is 32.3 Å². The number of aliphatic imine (C=N–C) groups is 1. The van der Waals surface area contributed by atoms with Gasteiger partial charge in [0.1, 0.15) is 5.15 Å². The van der Waals surface area contributed by atoms with Gasteiger partial charge in [0.05, 0.1) is 6.61 Å². The lowest BCUT2D eigenvalue weighted by Crippen LogP contribution is -2.38. The molecule has 0 saturated heterocycles. The molecule has 1 aromatic heterocycles. The van der Waals surface area contributed by atoms with Gasteiger partial charge in [-0.3, -0.25) is 9.79 Å². The predicted octanol–water partition coefficient (Wildman–Crippen LogP) is 2.18. The lowest BCUT2D eigenvalue weighted by atomic mass is 10.2. The number of carbonyl (C=O) groups excluding carboxylic acids is 1. The number of halogens is 1. The highest BCUT2D eigenvalue weighted by Crippen LogP contribution is 2.05. The van der Waals surface area contributed by atoms with Gasteiger partial charge in [-0.2, -0.15) is 0 Å². The number of pyridine rings is 1. The first-order chi connectivity index (χ1) is 11.2. The van der Waals surface area contributed by atoms with E-state index < -0.39 is 0 Å². The van der Waals surface area contributed by atoms with Crippen molar-refractivity contribution in [3.8, 4) is 0 Å². The monoisotopic (exact) mass is 340 g/mol. The molecule has 0 saturated carbocycles. The largest absolute Gasteiger partial charge is 0.466 e. The first-order valence-corrected chi connectivity index (χ1v) is 8.31. The molecule has 0 radical (unpaired) electrons. The average molecular weight is 341 g/mol. The van der Waals surface area contributed by atoms with Crippen molar-refractivity contribution >= 4 is 23.5 Å². The molecule has 0 spiro atoms. The fourth-order valence-corrected chi connectivity index (χ4v) is 1.98. The van der Waals surface area contributed by atoms with Crippen LogP contribution in [0.4, 0.5) is 0 Å². The molecule has 0 fully saturated rings. The fraction of sp³-hybridized carbons (Fsp3) is 0.562. The fourth-order valence-electron chi connectivity index (χ4n) is 1.87. The van der Waals surface area contributed by atoms with E-state index >= 15 is 0 Å². The molecule has 0 aromatic carbocycles. The van der Waals surface area contributed by atoms with Crippen molar-refractivity contribution in [3.63, 3.8) is 0 Å². The SMILES string of the molecule is CCNC(=NCCCC(=O)OCC)NCCc1ccc(Cl)nc1. The summed E-state index contributed by atoms with van der Waals surface area (Å²) in [7, 11) is 0. The number of esters is 1. The van der Waals surface area contributed by atoms with Crippen LogP contribution < -0.4 is 10.6 Å². The van der Waals surface area contributed by atoms with Crippen molar-refractivity contribution in [2.45, 2.75) is 33.1 Å². The smallest absolute Gasteiger partial charge is 0.305 e. The summed E-state index contributed by atoms with van der Waals surface area (Å²) < 4.78 is 4.88. The van der Waals surface area contributed by atoms with E-state index in [9.17, 15) is 4.79 Å². The minimum Gasteiger partial charge on any atom is -0.466 e. The summed E-state index contributed by atoms with van der Waals surface area (Å²) in [5.74, 6) is 0.578. The molecular weight excluding hydrogens is 316 g/mol. The third-order valence-electron chi connectivity index (χ3n) is 2.95. The van der Waals surface area contributed by atoms with E-state index in [4.69, 9.17) is 16.3 Å². The Morgan fingerprint density at radius 1 is 1.35 bits per heavy atom. The second-order valence-corrected chi connectivity index (χ2v) is 5.22. The van der Waals surface area contributed by atoms with Crippen LogP contribution in [0, 0.1) is 0 Å². The van der Waals surface area contributed by atoms with Gasteiger partial charge in [0.15, 0.2) is 5.96 Å². The third-order valence-corrected chi connectivity index (χ3v) is 3.18. The molecule has 0 atom stereocenters. The normalized spacial score (nSPS) is 11.2. The Hall–Kier alpha value is -1.82. The molecule has 1 heterocycles. The summed E-state index contributed by atoms with van der Waals surface area (Å²) >= 11 is 5.76. The highest BCUT2D eigenvalue weighted by Gasteiger charge is 2.02. The zero-order valence-electron chi connectivity index (χ0n) is 13.8. The summed E-state index contributed by atoms with van der Waals surface area (Å²) in [6.45, 7) is 6.35. The maximum atomic E-state index is 11.2. The molecule has 0 bridgehead atoms. The Kier molecular flexibility index (Phi) is 9.79. The summed E-state index contributed by atoms with van der Waals surface area (Å²) in [6.07, 6.45) is 3.68. The van der Waals surface area contributed by atoms with E-state index in [1.807, 2.05) is 13.0 Å². The van der Waals surface area contributed by atoms with E-state index in [0.29, 0.717) is 31.1 Å². The number of hydrogen-bond donors (Lipinski definition) is 2. The maximum absolute atomic E-state index is 11.2.